The van der Waals surface area contributed by atoms with Crippen LogP contribution in [0.4, 0.5) is 13.2 Å². The second-order valence-electron chi connectivity index (χ2n) is 6.76. The summed E-state index contributed by atoms with van der Waals surface area (Å²) in [7, 11) is 1.62. The number of carbonyl (C=O) groups is 1. The van der Waals surface area contributed by atoms with Gasteiger partial charge in [-0.2, -0.15) is 4.98 Å². The van der Waals surface area contributed by atoms with Gasteiger partial charge in [0.2, 0.25) is 11.7 Å². The molecular weight excluding hydrogens is 463 g/mol. The van der Waals surface area contributed by atoms with E-state index >= 15 is 0 Å². The molecule has 1 heterocycles. The van der Waals surface area contributed by atoms with E-state index in [0.717, 1.165) is 17.2 Å². The summed E-state index contributed by atoms with van der Waals surface area (Å²) in [6, 6.07) is 12.5. The molecule has 0 aliphatic rings. The third-order valence-corrected chi connectivity index (χ3v) is 4.37. The molecule has 11 heteroatoms. The predicted molar refractivity (Wildman–Crippen MR) is 118 cm³/mol. The van der Waals surface area contributed by atoms with Crippen molar-refractivity contribution in [3.63, 3.8) is 0 Å². The molecule has 0 aliphatic heterocycles. The van der Waals surface area contributed by atoms with Gasteiger partial charge in [-0.25, -0.2) is 0 Å². The number of aromatic nitrogens is 2. The number of nitrogens with one attached hydrogen (secondary N) is 1. The predicted octanol–water partition coefficient (Wildman–Crippen LogP) is 5.17. The first-order valence-corrected chi connectivity index (χ1v) is 10.0. The summed E-state index contributed by atoms with van der Waals surface area (Å²) in [4.78, 5) is 12.1. The van der Waals surface area contributed by atoms with Gasteiger partial charge >= 0.3 is 6.36 Å². The smallest absolute Gasteiger partial charge is 0.406 e. The average Bonchev–Trinajstić information content (AvgIpc) is 3.26. The van der Waals surface area contributed by atoms with E-state index in [4.69, 9.17) is 26.0 Å². The zero-order valence-electron chi connectivity index (χ0n) is 18.3. The van der Waals surface area contributed by atoms with Crippen LogP contribution in [0.25, 0.3) is 11.4 Å². The Morgan fingerprint density at radius 2 is 1.82 bits per heavy atom. The monoisotopic (exact) mass is 487 g/mol. The van der Waals surface area contributed by atoms with Crippen molar-refractivity contribution in [1.29, 1.82) is 0 Å². The first-order chi connectivity index (χ1) is 15.6. The molecule has 0 saturated carbocycles. The fourth-order valence-electron chi connectivity index (χ4n) is 2.46. The molecule has 7 nitrogen and oxygen atoms in total. The van der Waals surface area contributed by atoms with Crippen LogP contribution in [0.15, 0.2) is 53.1 Å². The number of aliphatic hydroxyl groups is 1. The molecule has 33 heavy (non-hydrogen) atoms. The van der Waals surface area contributed by atoms with Crippen LogP contribution in [0.5, 0.6) is 5.75 Å². The Morgan fingerprint density at radius 1 is 1.18 bits per heavy atom. The highest BCUT2D eigenvalue weighted by Gasteiger charge is 2.31. The number of halogens is 4. The fourth-order valence-corrected chi connectivity index (χ4v) is 2.66. The van der Waals surface area contributed by atoms with Gasteiger partial charge in [-0.15, -0.1) is 13.2 Å². The maximum Gasteiger partial charge on any atom is 0.573 e. The number of benzene rings is 2. The van der Waals surface area contributed by atoms with Crippen LogP contribution in [0.2, 0.25) is 5.02 Å². The largest absolute Gasteiger partial charge is 0.573 e. The van der Waals surface area contributed by atoms with Crippen molar-refractivity contribution in [3.05, 3.63) is 65.0 Å². The molecule has 1 aromatic heterocycles. The number of nitrogens with zero attached hydrogens (tertiary/aromatic N) is 2. The zero-order chi connectivity index (χ0) is 25.0. The number of carbonyl (C=O) groups excluding carboxylic acids is 1. The second kappa shape index (κ2) is 13.6. The van der Waals surface area contributed by atoms with E-state index < -0.39 is 12.4 Å². The van der Waals surface area contributed by atoms with Crippen molar-refractivity contribution in [3.8, 4) is 17.1 Å². The van der Waals surface area contributed by atoms with E-state index in [1.165, 1.54) is 17.7 Å². The standard InChI is InChI=1S/C12H12F3N3O3.C9H11Cl.CH2O/c1-16-9(6-19)11-17-10(18-21-11)7-2-4-8(5-3-7)20-12(13,14)15;1-7(2)8-4-3-5-9(10)6-8;1-2/h2-5,9,16,19H,6H2,1H3;3-7H,1-2H3;1H2/t9-;;/m0../s1. The van der Waals surface area contributed by atoms with Gasteiger partial charge < -0.3 is 24.5 Å². The first-order valence-electron chi connectivity index (χ1n) is 9.65. The molecule has 0 spiro atoms. The first kappa shape index (κ1) is 28.1. The van der Waals surface area contributed by atoms with Crippen LogP contribution < -0.4 is 10.1 Å². The Bertz CT molecular complexity index is 962. The van der Waals surface area contributed by atoms with Crippen molar-refractivity contribution in [2.75, 3.05) is 13.7 Å². The topological polar surface area (TPSA) is 97.5 Å². The third-order valence-electron chi connectivity index (χ3n) is 4.13. The lowest BCUT2D eigenvalue weighted by Gasteiger charge is -2.08. The molecule has 0 unspecified atom stereocenters. The summed E-state index contributed by atoms with van der Waals surface area (Å²) < 4.78 is 44.9. The summed E-state index contributed by atoms with van der Waals surface area (Å²) in [5.74, 6) is 0.625. The van der Waals surface area contributed by atoms with Crippen LogP contribution in [-0.4, -0.2) is 42.1 Å². The van der Waals surface area contributed by atoms with Gasteiger partial charge in [0.05, 0.1) is 6.61 Å². The van der Waals surface area contributed by atoms with Crippen LogP contribution in [-0.2, 0) is 4.79 Å². The lowest BCUT2D eigenvalue weighted by molar-refractivity contribution is -0.274. The Hall–Kier alpha value is -2.95. The van der Waals surface area contributed by atoms with E-state index in [1.807, 2.05) is 25.0 Å². The Balaban J connectivity index is 0.000000380. The molecular formula is C22H25ClF3N3O4. The summed E-state index contributed by atoms with van der Waals surface area (Å²) >= 11 is 5.79. The zero-order valence-corrected chi connectivity index (χ0v) is 19.0. The minimum atomic E-state index is -4.73. The van der Waals surface area contributed by atoms with Gasteiger partial charge in [-0.1, -0.05) is 42.7 Å². The van der Waals surface area contributed by atoms with Crippen LogP contribution in [0, 0.1) is 0 Å². The molecule has 180 valence electrons. The summed E-state index contributed by atoms with van der Waals surface area (Å²) in [6.45, 7) is 6.09. The molecule has 1 atom stereocenters. The molecule has 3 rings (SSSR count). The normalized spacial score (nSPS) is 11.7. The van der Waals surface area contributed by atoms with Gasteiger partial charge in [0.25, 0.3) is 0 Å². The van der Waals surface area contributed by atoms with E-state index in [0.29, 0.717) is 11.5 Å². The van der Waals surface area contributed by atoms with Gasteiger partial charge in [-0.05, 0) is 54.9 Å². The Kier molecular flexibility index (Phi) is 11.5. The highest BCUT2D eigenvalue weighted by atomic mass is 35.5. The number of alkyl halides is 3. The molecule has 0 radical (unpaired) electrons. The molecule has 2 N–H and O–H groups in total. The van der Waals surface area contributed by atoms with Crippen LogP contribution in [0.3, 0.4) is 0 Å². The molecule has 2 aromatic carbocycles. The lowest BCUT2D eigenvalue weighted by Crippen LogP contribution is -2.20. The summed E-state index contributed by atoms with van der Waals surface area (Å²) in [5, 5.41) is 16.4. The summed E-state index contributed by atoms with van der Waals surface area (Å²) in [5.41, 5.74) is 1.76. The number of rotatable bonds is 6. The van der Waals surface area contributed by atoms with E-state index in [-0.39, 0.29) is 24.1 Å². The highest BCUT2D eigenvalue weighted by Crippen LogP contribution is 2.26. The summed E-state index contributed by atoms with van der Waals surface area (Å²) in [6.07, 6.45) is -4.73. The van der Waals surface area contributed by atoms with Crippen LogP contribution >= 0.6 is 11.6 Å². The maximum absolute atomic E-state index is 12.0. The average molecular weight is 488 g/mol. The quantitative estimate of drug-likeness (QED) is 0.495. The van der Waals surface area contributed by atoms with Crippen molar-refractivity contribution in [2.24, 2.45) is 0 Å². The third kappa shape index (κ3) is 9.60. The van der Waals surface area contributed by atoms with Gasteiger partial charge in [0, 0.05) is 10.6 Å². The molecule has 0 fully saturated rings. The van der Waals surface area contributed by atoms with E-state index in [1.54, 1.807) is 7.05 Å². The fraction of sp³-hybridized carbons (Fsp3) is 0.318. The number of hydrogen-bond acceptors (Lipinski definition) is 7. The molecule has 0 aliphatic carbocycles. The lowest BCUT2D eigenvalue weighted by atomic mass is 10.0. The van der Waals surface area contributed by atoms with Gasteiger partial charge in [-0.3, -0.25) is 0 Å². The highest BCUT2D eigenvalue weighted by molar-refractivity contribution is 6.30. The van der Waals surface area contributed by atoms with E-state index in [2.05, 4.69) is 40.1 Å². The van der Waals surface area contributed by atoms with Gasteiger partial charge in [0.15, 0.2) is 0 Å². The van der Waals surface area contributed by atoms with E-state index in [9.17, 15) is 13.2 Å². The number of aliphatic hydroxyl groups excluding tert-OH is 1. The van der Waals surface area contributed by atoms with Gasteiger partial charge in [0.1, 0.15) is 18.6 Å². The minimum absolute atomic E-state index is 0.186. The van der Waals surface area contributed by atoms with Crippen LogP contribution in [0.1, 0.15) is 37.3 Å². The Labute approximate surface area is 194 Å². The number of likely N-dealkylation sites (N-methyl/N-ethyl adjacent to an activating group) is 1. The molecule has 3 aromatic rings. The van der Waals surface area contributed by atoms with Crippen molar-refractivity contribution >= 4 is 18.4 Å². The maximum atomic E-state index is 12.0. The molecule has 0 saturated heterocycles. The number of ether oxygens (including phenoxy) is 1. The van der Waals surface area contributed by atoms with Crippen molar-refractivity contribution < 1.29 is 32.3 Å². The molecule has 0 amide bonds. The second-order valence-corrected chi connectivity index (χ2v) is 7.20. The number of hydrogen-bond donors (Lipinski definition) is 2. The molecule has 0 bridgehead atoms. The Morgan fingerprint density at radius 3 is 2.27 bits per heavy atom. The SMILES string of the molecule is C=O.CC(C)c1cccc(Cl)c1.CN[C@@H](CO)c1nc(-c2ccc(OC(F)(F)F)cc2)no1. The van der Waals surface area contributed by atoms with Crippen molar-refractivity contribution in [1.82, 2.24) is 15.5 Å². The minimum Gasteiger partial charge on any atom is -0.406 e. The van der Waals surface area contributed by atoms with Crippen molar-refractivity contribution in [2.45, 2.75) is 32.2 Å².